The van der Waals surface area contributed by atoms with Crippen LogP contribution in [0.4, 0.5) is 5.13 Å². The third-order valence-electron chi connectivity index (χ3n) is 4.32. The van der Waals surface area contributed by atoms with Gasteiger partial charge in [0.25, 0.3) is 0 Å². The zero-order valence-corrected chi connectivity index (χ0v) is 13.6. The molecular formula is C15H23N3O2S. The largest absolute Gasteiger partial charge is 0.379 e. The van der Waals surface area contributed by atoms with Crippen molar-refractivity contribution in [3.63, 3.8) is 0 Å². The average molecular weight is 309 g/mol. The van der Waals surface area contributed by atoms with Crippen molar-refractivity contribution in [1.82, 2.24) is 9.88 Å². The number of aromatic nitrogens is 1. The lowest BCUT2D eigenvalue weighted by atomic mass is 10.1. The molecule has 2 saturated heterocycles. The lowest BCUT2D eigenvalue weighted by molar-refractivity contribution is 0.0209. The van der Waals surface area contributed by atoms with Gasteiger partial charge in [-0.05, 0) is 12.3 Å². The van der Waals surface area contributed by atoms with Crippen LogP contribution in [0.2, 0.25) is 0 Å². The minimum absolute atomic E-state index is 0.299. The fourth-order valence-electron chi connectivity index (χ4n) is 3.12. The number of hydrogen-bond donors (Lipinski definition) is 0. The first-order valence-electron chi connectivity index (χ1n) is 7.71. The molecule has 3 heterocycles. The summed E-state index contributed by atoms with van der Waals surface area (Å²) in [6, 6.07) is 0.597. The number of hydrogen-bond acceptors (Lipinski definition) is 6. The van der Waals surface area contributed by atoms with E-state index in [1.807, 2.05) is 0 Å². The summed E-state index contributed by atoms with van der Waals surface area (Å²) in [5.41, 5.74) is 0.944. The molecule has 5 nitrogen and oxygen atoms in total. The van der Waals surface area contributed by atoms with Crippen LogP contribution in [0.5, 0.6) is 0 Å². The number of morpholine rings is 1. The summed E-state index contributed by atoms with van der Waals surface area (Å²) < 4.78 is 5.43. The molecule has 0 amide bonds. The van der Waals surface area contributed by atoms with E-state index in [2.05, 4.69) is 23.6 Å². The number of carbonyl (C=O) groups excluding carboxylic acids is 1. The van der Waals surface area contributed by atoms with Crippen molar-refractivity contribution in [2.24, 2.45) is 0 Å². The Hall–Kier alpha value is -0.980. The minimum atomic E-state index is 0.299. The first-order valence-corrected chi connectivity index (χ1v) is 8.53. The second-order valence-corrected chi connectivity index (χ2v) is 7.06. The number of nitrogens with zero attached hydrogens (tertiary/aromatic N) is 3. The van der Waals surface area contributed by atoms with Gasteiger partial charge in [0.2, 0.25) is 0 Å². The molecule has 3 rings (SSSR count). The summed E-state index contributed by atoms with van der Waals surface area (Å²) in [4.78, 5) is 21.6. The molecule has 0 aromatic carbocycles. The first-order chi connectivity index (χ1) is 10.2. The molecule has 0 bridgehead atoms. The first kappa shape index (κ1) is 14.9. The molecule has 2 aliphatic rings. The lowest BCUT2D eigenvalue weighted by Gasteiger charge is -2.32. The molecule has 21 heavy (non-hydrogen) atoms. The van der Waals surface area contributed by atoms with Crippen molar-refractivity contribution >= 4 is 22.8 Å². The quantitative estimate of drug-likeness (QED) is 0.796. The number of carbonyl (C=O) groups is 1. The van der Waals surface area contributed by atoms with Crippen molar-refractivity contribution in [3.05, 3.63) is 10.6 Å². The lowest BCUT2D eigenvalue weighted by Crippen LogP contribution is -2.44. The Labute approximate surface area is 129 Å². The van der Waals surface area contributed by atoms with Gasteiger partial charge in [0.05, 0.1) is 23.8 Å². The Morgan fingerprint density at radius 2 is 2.10 bits per heavy atom. The van der Waals surface area contributed by atoms with E-state index in [0.29, 0.717) is 12.0 Å². The van der Waals surface area contributed by atoms with Crippen molar-refractivity contribution in [1.29, 1.82) is 0 Å². The van der Waals surface area contributed by atoms with Crippen LogP contribution in [0.1, 0.15) is 41.6 Å². The predicted molar refractivity (Wildman–Crippen MR) is 84.6 cm³/mol. The normalized spacial score (nSPS) is 24.0. The fourth-order valence-corrected chi connectivity index (χ4v) is 4.19. The van der Waals surface area contributed by atoms with Crippen LogP contribution in [0.25, 0.3) is 0 Å². The molecule has 1 aromatic rings. The molecule has 0 saturated carbocycles. The summed E-state index contributed by atoms with van der Waals surface area (Å²) >= 11 is 1.54. The van der Waals surface area contributed by atoms with Gasteiger partial charge in [0, 0.05) is 32.2 Å². The summed E-state index contributed by atoms with van der Waals surface area (Å²) in [6.45, 7) is 9.99. The summed E-state index contributed by atoms with van der Waals surface area (Å²) in [7, 11) is 0. The Balaban J connectivity index is 1.69. The van der Waals surface area contributed by atoms with Crippen molar-refractivity contribution in [3.8, 4) is 0 Å². The standard InChI is InChI=1S/C15H23N3O2S/c1-11(2)14-13(10-19)21-15(16-14)18-4-3-12(9-18)17-5-7-20-8-6-17/h10-12H,3-9H2,1-2H3. The van der Waals surface area contributed by atoms with Gasteiger partial charge < -0.3 is 9.64 Å². The third kappa shape index (κ3) is 3.12. The highest BCUT2D eigenvalue weighted by Gasteiger charge is 2.30. The average Bonchev–Trinajstić information content (AvgIpc) is 3.14. The highest BCUT2D eigenvalue weighted by molar-refractivity contribution is 7.17. The van der Waals surface area contributed by atoms with Crippen LogP contribution in [0, 0.1) is 0 Å². The number of anilines is 1. The van der Waals surface area contributed by atoms with Gasteiger partial charge in [-0.15, -0.1) is 0 Å². The van der Waals surface area contributed by atoms with Gasteiger partial charge in [-0.1, -0.05) is 25.2 Å². The number of aldehydes is 1. The zero-order valence-electron chi connectivity index (χ0n) is 12.7. The van der Waals surface area contributed by atoms with Gasteiger partial charge in [-0.3, -0.25) is 9.69 Å². The monoisotopic (exact) mass is 309 g/mol. The molecule has 0 radical (unpaired) electrons. The molecule has 0 aliphatic carbocycles. The molecule has 1 atom stereocenters. The summed E-state index contributed by atoms with van der Waals surface area (Å²) in [5.74, 6) is 0.299. The molecule has 1 unspecified atom stereocenters. The molecule has 0 spiro atoms. The van der Waals surface area contributed by atoms with Crippen LogP contribution in [-0.4, -0.2) is 61.6 Å². The van der Waals surface area contributed by atoms with Crippen molar-refractivity contribution in [2.45, 2.75) is 32.2 Å². The van der Waals surface area contributed by atoms with Gasteiger partial charge in [0.1, 0.15) is 0 Å². The van der Waals surface area contributed by atoms with Crippen molar-refractivity contribution < 1.29 is 9.53 Å². The van der Waals surface area contributed by atoms with Crippen LogP contribution < -0.4 is 4.90 Å². The van der Waals surface area contributed by atoms with E-state index in [0.717, 1.165) is 61.4 Å². The number of ether oxygens (including phenoxy) is 1. The van der Waals surface area contributed by atoms with Crippen molar-refractivity contribution in [2.75, 3.05) is 44.3 Å². The van der Waals surface area contributed by atoms with E-state index < -0.39 is 0 Å². The predicted octanol–water partition coefficient (Wildman–Crippen LogP) is 1.99. The fraction of sp³-hybridized carbons (Fsp3) is 0.733. The van der Waals surface area contributed by atoms with Gasteiger partial charge in [-0.25, -0.2) is 4.98 Å². The maximum absolute atomic E-state index is 11.2. The van der Waals surface area contributed by atoms with E-state index in [9.17, 15) is 4.79 Å². The van der Waals surface area contributed by atoms with E-state index in [1.54, 1.807) is 0 Å². The Morgan fingerprint density at radius 3 is 2.71 bits per heavy atom. The molecule has 116 valence electrons. The van der Waals surface area contributed by atoms with Crippen LogP contribution >= 0.6 is 11.3 Å². The second kappa shape index (κ2) is 6.42. The molecular weight excluding hydrogens is 286 g/mol. The van der Waals surface area contributed by atoms with Gasteiger partial charge in [-0.2, -0.15) is 0 Å². The number of thiazole rings is 1. The molecule has 6 heteroatoms. The van der Waals surface area contributed by atoms with E-state index in [1.165, 1.54) is 17.8 Å². The van der Waals surface area contributed by atoms with Gasteiger partial charge in [0.15, 0.2) is 11.4 Å². The number of rotatable bonds is 4. The maximum Gasteiger partial charge on any atom is 0.186 e. The highest BCUT2D eigenvalue weighted by Crippen LogP contribution is 2.32. The molecule has 0 N–H and O–H groups in total. The smallest absolute Gasteiger partial charge is 0.186 e. The molecule has 2 aliphatic heterocycles. The Kier molecular flexibility index (Phi) is 4.57. The second-order valence-electron chi connectivity index (χ2n) is 6.06. The Morgan fingerprint density at radius 1 is 1.33 bits per heavy atom. The van der Waals surface area contributed by atoms with E-state index in [-0.39, 0.29) is 0 Å². The molecule has 1 aromatic heterocycles. The Bertz CT molecular complexity index is 497. The minimum Gasteiger partial charge on any atom is -0.379 e. The third-order valence-corrected chi connectivity index (χ3v) is 5.38. The van der Waals surface area contributed by atoms with Crippen LogP contribution in [0.3, 0.4) is 0 Å². The van der Waals surface area contributed by atoms with E-state index in [4.69, 9.17) is 9.72 Å². The van der Waals surface area contributed by atoms with Gasteiger partial charge >= 0.3 is 0 Å². The SMILES string of the molecule is CC(C)c1nc(N2CCC(N3CCOCC3)C2)sc1C=O. The maximum atomic E-state index is 11.2. The van der Waals surface area contributed by atoms with E-state index >= 15 is 0 Å². The van der Waals surface area contributed by atoms with Crippen LogP contribution in [0.15, 0.2) is 0 Å². The highest BCUT2D eigenvalue weighted by atomic mass is 32.1. The van der Waals surface area contributed by atoms with Crippen LogP contribution in [-0.2, 0) is 4.74 Å². The zero-order chi connectivity index (χ0) is 14.8. The molecule has 2 fully saturated rings. The summed E-state index contributed by atoms with van der Waals surface area (Å²) in [6.07, 6.45) is 2.12. The topological polar surface area (TPSA) is 45.7 Å². The summed E-state index contributed by atoms with van der Waals surface area (Å²) in [5, 5.41) is 1.01.